The molecule has 0 aromatic heterocycles. The van der Waals surface area contributed by atoms with Gasteiger partial charge in [0.15, 0.2) is 0 Å². The Bertz CT molecular complexity index is 327. The van der Waals surface area contributed by atoms with E-state index in [2.05, 4.69) is 57.0 Å². The van der Waals surface area contributed by atoms with Crippen molar-refractivity contribution in [1.29, 1.82) is 0 Å². The number of hydrogen-bond acceptors (Lipinski definition) is 2. The number of nitrogens with zero attached hydrogens (tertiary/aromatic N) is 1. The molecule has 0 fully saturated rings. The highest BCUT2D eigenvalue weighted by Crippen LogP contribution is 2.10. The van der Waals surface area contributed by atoms with Crippen LogP contribution >= 0.6 is 0 Å². The molecule has 0 aliphatic rings. The highest BCUT2D eigenvalue weighted by Gasteiger charge is 2.03. The van der Waals surface area contributed by atoms with Crippen molar-refractivity contribution >= 4 is 0 Å². The van der Waals surface area contributed by atoms with E-state index >= 15 is 0 Å². The highest BCUT2D eigenvalue weighted by molar-refractivity contribution is 5.23. The summed E-state index contributed by atoms with van der Waals surface area (Å²) in [6.45, 7) is 8.61. The zero-order valence-corrected chi connectivity index (χ0v) is 12.3. The average Bonchev–Trinajstić information content (AvgIpc) is 2.26. The van der Waals surface area contributed by atoms with E-state index in [1.54, 1.807) is 0 Å². The van der Waals surface area contributed by atoms with E-state index in [0.717, 1.165) is 25.4 Å². The van der Waals surface area contributed by atoms with Crippen LogP contribution in [0.3, 0.4) is 0 Å². The van der Waals surface area contributed by atoms with E-state index in [-0.39, 0.29) is 6.04 Å². The Hall–Kier alpha value is -0.860. The lowest BCUT2D eigenvalue weighted by molar-refractivity contribution is 0.321. The van der Waals surface area contributed by atoms with Gasteiger partial charge in [0.2, 0.25) is 0 Å². The van der Waals surface area contributed by atoms with Crippen LogP contribution in [-0.2, 0) is 12.8 Å². The van der Waals surface area contributed by atoms with Gasteiger partial charge in [0, 0.05) is 19.1 Å². The number of hydrogen-bond donors (Lipinski definition) is 1. The third kappa shape index (κ3) is 6.18. The summed E-state index contributed by atoms with van der Waals surface area (Å²) in [6.07, 6.45) is 2.27. The van der Waals surface area contributed by atoms with Gasteiger partial charge in [-0.1, -0.05) is 38.1 Å². The topological polar surface area (TPSA) is 29.3 Å². The van der Waals surface area contributed by atoms with Crippen LogP contribution < -0.4 is 5.73 Å². The molecule has 0 spiro atoms. The zero-order chi connectivity index (χ0) is 13.5. The Morgan fingerprint density at radius 3 is 2.11 bits per heavy atom. The number of likely N-dealkylation sites (N-methyl/N-ethyl adjacent to an activating group) is 1. The first-order chi connectivity index (χ1) is 8.47. The quantitative estimate of drug-likeness (QED) is 0.804. The van der Waals surface area contributed by atoms with Crippen LogP contribution in [0.4, 0.5) is 0 Å². The maximum absolute atomic E-state index is 5.79. The molecule has 0 radical (unpaired) electrons. The first-order valence-electron chi connectivity index (χ1n) is 6.99. The van der Waals surface area contributed by atoms with Crippen LogP contribution in [0.2, 0.25) is 0 Å². The Kier molecular flexibility index (Phi) is 6.37. The van der Waals surface area contributed by atoms with Crippen molar-refractivity contribution in [3.63, 3.8) is 0 Å². The fourth-order valence-corrected chi connectivity index (χ4v) is 2.22. The lowest BCUT2D eigenvalue weighted by Crippen LogP contribution is -2.34. The summed E-state index contributed by atoms with van der Waals surface area (Å²) in [5, 5.41) is 0. The van der Waals surface area contributed by atoms with Gasteiger partial charge in [-0.15, -0.1) is 0 Å². The molecule has 2 N–H and O–H groups in total. The Morgan fingerprint density at radius 1 is 1.06 bits per heavy atom. The number of nitrogens with two attached hydrogens (primary N) is 1. The predicted molar refractivity (Wildman–Crippen MR) is 79.8 cm³/mol. The monoisotopic (exact) mass is 248 g/mol. The molecule has 1 rings (SSSR count). The molecule has 0 saturated heterocycles. The summed E-state index contributed by atoms with van der Waals surface area (Å²) in [4.78, 5) is 2.30. The van der Waals surface area contributed by atoms with E-state index in [1.165, 1.54) is 17.5 Å². The van der Waals surface area contributed by atoms with Crippen LogP contribution in [-0.4, -0.2) is 31.1 Å². The summed E-state index contributed by atoms with van der Waals surface area (Å²) in [7, 11) is 2.14. The highest BCUT2D eigenvalue weighted by atomic mass is 15.1. The van der Waals surface area contributed by atoms with Gasteiger partial charge in [-0.25, -0.2) is 0 Å². The van der Waals surface area contributed by atoms with Crippen LogP contribution in [0.25, 0.3) is 0 Å². The normalized spacial score (nSPS) is 13.3. The summed E-state index contributed by atoms with van der Waals surface area (Å²) < 4.78 is 0. The summed E-state index contributed by atoms with van der Waals surface area (Å²) in [6, 6.07) is 9.31. The van der Waals surface area contributed by atoms with Gasteiger partial charge in [0.25, 0.3) is 0 Å². The predicted octanol–water partition coefficient (Wildman–Crippen LogP) is 2.71. The summed E-state index contributed by atoms with van der Waals surface area (Å²) in [5.74, 6) is 0.730. The van der Waals surface area contributed by atoms with E-state index in [1.807, 2.05) is 0 Å². The molecule has 1 atom stereocenters. The first-order valence-corrected chi connectivity index (χ1v) is 6.99. The molecule has 1 aromatic carbocycles. The number of benzene rings is 1. The van der Waals surface area contributed by atoms with Crippen molar-refractivity contribution < 1.29 is 0 Å². The van der Waals surface area contributed by atoms with Crippen LogP contribution in [0.5, 0.6) is 0 Å². The fourth-order valence-electron chi connectivity index (χ4n) is 2.22. The maximum Gasteiger partial charge on any atom is 0.0139 e. The Balaban J connectivity index is 2.39. The molecule has 0 saturated carbocycles. The van der Waals surface area contributed by atoms with Crippen molar-refractivity contribution in [3.8, 4) is 0 Å². The molecule has 0 bridgehead atoms. The maximum atomic E-state index is 5.79. The van der Waals surface area contributed by atoms with E-state index < -0.39 is 0 Å². The van der Waals surface area contributed by atoms with Crippen LogP contribution in [0.1, 0.15) is 31.9 Å². The molecular formula is C16H28N2. The molecule has 0 amide bonds. The van der Waals surface area contributed by atoms with Gasteiger partial charge < -0.3 is 10.6 Å². The van der Waals surface area contributed by atoms with Crippen molar-refractivity contribution in [2.75, 3.05) is 20.1 Å². The third-order valence-electron chi connectivity index (χ3n) is 3.05. The first kappa shape index (κ1) is 15.2. The molecule has 0 aliphatic heterocycles. The fraction of sp³-hybridized carbons (Fsp3) is 0.625. The van der Waals surface area contributed by atoms with Gasteiger partial charge in [-0.2, -0.15) is 0 Å². The Labute approximate surface area is 112 Å². The van der Waals surface area contributed by atoms with Crippen molar-refractivity contribution in [2.24, 2.45) is 11.7 Å². The zero-order valence-electron chi connectivity index (χ0n) is 12.3. The van der Waals surface area contributed by atoms with Crippen LogP contribution in [0, 0.1) is 5.92 Å². The van der Waals surface area contributed by atoms with Gasteiger partial charge >= 0.3 is 0 Å². The molecule has 1 unspecified atom stereocenters. The molecule has 0 aliphatic carbocycles. The number of rotatable bonds is 7. The van der Waals surface area contributed by atoms with E-state index in [4.69, 9.17) is 5.73 Å². The van der Waals surface area contributed by atoms with Gasteiger partial charge in [0.05, 0.1) is 0 Å². The molecule has 18 heavy (non-hydrogen) atoms. The lowest BCUT2D eigenvalue weighted by Gasteiger charge is -2.18. The minimum atomic E-state index is 0.253. The van der Waals surface area contributed by atoms with Crippen molar-refractivity contribution in [1.82, 2.24) is 4.90 Å². The second kappa shape index (κ2) is 7.55. The molecule has 2 nitrogen and oxygen atoms in total. The molecule has 2 heteroatoms. The van der Waals surface area contributed by atoms with Gasteiger partial charge in [-0.3, -0.25) is 0 Å². The van der Waals surface area contributed by atoms with Crippen molar-refractivity contribution in [3.05, 3.63) is 35.4 Å². The summed E-state index contributed by atoms with van der Waals surface area (Å²) >= 11 is 0. The molecular weight excluding hydrogens is 220 g/mol. The molecule has 1 aromatic rings. The molecule has 0 heterocycles. The van der Waals surface area contributed by atoms with E-state index in [9.17, 15) is 0 Å². The lowest BCUT2D eigenvalue weighted by atomic mass is 10.0. The van der Waals surface area contributed by atoms with Crippen molar-refractivity contribution in [2.45, 2.75) is 39.7 Å². The smallest absolute Gasteiger partial charge is 0.0139 e. The van der Waals surface area contributed by atoms with Gasteiger partial charge in [-0.05, 0) is 43.9 Å². The minimum absolute atomic E-state index is 0.253. The summed E-state index contributed by atoms with van der Waals surface area (Å²) in [5.41, 5.74) is 8.64. The standard InChI is InChI=1S/C16H28N2/c1-13(2)11-16-7-5-15(6-8-16)9-10-18(4)12-14(3)17/h5-8,13-14H,9-12,17H2,1-4H3. The third-order valence-corrected chi connectivity index (χ3v) is 3.05. The SMILES string of the molecule is CC(C)Cc1ccc(CCN(C)CC(C)N)cc1. The second-order valence-electron chi connectivity index (χ2n) is 5.90. The molecule has 102 valence electrons. The van der Waals surface area contributed by atoms with Crippen LogP contribution in [0.15, 0.2) is 24.3 Å². The minimum Gasteiger partial charge on any atom is -0.327 e. The van der Waals surface area contributed by atoms with E-state index in [0.29, 0.717) is 0 Å². The van der Waals surface area contributed by atoms with Gasteiger partial charge in [0.1, 0.15) is 0 Å². The average molecular weight is 248 g/mol. The second-order valence-corrected chi connectivity index (χ2v) is 5.90. The largest absolute Gasteiger partial charge is 0.327 e. The Morgan fingerprint density at radius 2 is 1.61 bits per heavy atom.